The van der Waals surface area contributed by atoms with Gasteiger partial charge in [-0.1, -0.05) is 48.9 Å². The van der Waals surface area contributed by atoms with Crippen LogP contribution >= 0.6 is 11.6 Å². The highest BCUT2D eigenvalue weighted by Crippen LogP contribution is 2.47. The second-order valence-electron chi connectivity index (χ2n) is 8.43. The maximum absolute atomic E-state index is 10.8. The SMILES string of the molecule is CCc1ccc(Cc2cc(C3OC(CO)C(O)C(O)C3O)c3c(c2Cl)OCC3NC)cc1. The molecule has 7 nitrogen and oxygen atoms in total. The summed E-state index contributed by atoms with van der Waals surface area (Å²) in [5.41, 5.74) is 4.51. The molecule has 32 heavy (non-hydrogen) atoms. The van der Waals surface area contributed by atoms with Crippen LogP contribution in [-0.4, -0.2) is 65.1 Å². The van der Waals surface area contributed by atoms with Crippen molar-refractivity contribution in [1.82, 2.24) is 5.32 Å². The summed E-state index contributed by atoms with van der Waals surface area (Å²) in [6.45, 7) is 1.99. The molecule has 0 radical (unpaired) electrons. The predicted octanol–water partition coefficient (Wildman–Crippen LogP) is 1.66. The molecule has 8 heteroatoms. The van der Waals surface area contributed by atoms with Crippen LogP contribution in [0.5, 0.6) is 5.75 Å². The molecular formula is C24H30ClNO6. The topological polar surface area (TPSA) is 111 Å². The molecule has 2 aromatic rings. The summed E-state index contributed by atoms with van der Waals surface area (Å²) in [7, 11) is 1.80. The molecule has 6 atom stereocenters. The van der Waals surface area contributed by atoms with Crippen LogP contribution in [0.2, 0.25) is 5.02 Å². The van der Waals surface area contributed by atoms with Gasteiger partial charge in [-0.15, -0.1) is 0 Å². The summed E-state index contributed by atoms with van der Waals surface area (Å²) < 4.78 is 11.8. The highest BCUT2D eigenvalue weighted by atomic mass is 35.5. The van der Waals surface area contributed by atoms with Gasteiger partial charge in [0.05, 0.1) is 17.7 Å². The maximum Gasteiger partial charge on any atom is 0.143 e. The van der Waals surface area contributed by atoms with E-state index in [0.29, 0.717) is 29.4 Å². The van der Waals surface area contributed by atoms with Crippen molar-refractivity contribution in [2.24, 2.45) is 0 Å². The molecule has 0 spiro atoms. The fraction of sp³-hybridized carbons (Fsp3) is 0.500. The van der Waals surface area contributed by atoms with Crippen LogP contribution in [-0.2, 0) is 17.6 Å². The first kappa shape index (κ1) is 23.4. The number of aliphatic hydroxyl groups is 4. The van der Waals surface area contributed by atoms with E-state index in [4.69, 9.17) is 21.1 Å². The van der Waals surface area contributed by atoms with Crippen LogP contribution in [0.1, 0.15) is 46.9 Å². The van der Waals surface area contributed by atoms with Crippen molar-refractivity contribution in [3.05, 3.63) is 63.2 Å². The summed E-state index contributed by atoms with van der Waals surface area (Å²) in [5.74, 6) is 0.528. The van der Waals surface area contributed by atoms with Crippen LogP contribution in [0, 0.1) is 0 Å². The monoisotopic (exact) mass is 463 g/mol. The van der Waals surface area contributed by atoms with Crippen molar-refractivity contribution < 1.29 is 29.9 Å². The number of hydrogen-bond acceptors (Lipinski definition) is 7. The zero-order valence-electron chi connectivity index (χ0n) is 18.2. The lowest BCUT2D eigenvalue weighted by Crippen LogP contribution is -2.55. The lowest BCUT2D eigenvalue weighted by atomic mass is 9.86. The highest BCUT2D eigenvalue weighted by Gasteiger charge is 2.46. The van der Waals surface area contributed by atoms with Gasteiger partial charge in [0.2, 0.25) is 0 Å². The van der Waals surface area contributed by atoms with Crippen LogP contribution in [0.15, 0.2) is 30.3 Å². The van der Waals surface area contributed by atoms with E-state index in [9.17, 15) is 20.4 Å². The Kier molecular flexibility index (Phi) is 7.07. The van der Waals surface area contributed by atoms with Crippen molar-refractivity contribution in [1.29, 1.82) is 0 Å². The Morgan fingerprint density at radius 2 is 1.75 bits per heavy atom. The van der Waals surface area contributed by atoms with E-state index >= 15 is 0 Å². The number of aliphatic hydroxyl groups excluding tert-OH is 4. The van der Waals surface area contributed by atoms with Crippen molar-refractivity contribution in [2.75, 3.05) is 20.3 Å². The molecule has 6 unspecified atom stereocenters. The first-order chi connectivity index (χ1) is 15.4. The second-order valence-corrected chi connectivity index (χ2v) is 8.81. The number of hydrogen-bond donors (Lipinski definition) is 5. The first-order valence-corrected chi connectivity index (χ1v) is 11.3. The van der Waals surface area contributed by atoms with Crippen LogP contribution in [0.4, 0.5) is 0 Å². The minimum Gasteiger partial charge on any atom is -0.490 e. The Bertz CT molecular complexity index is 950. The zero-order chi connectivity index (χ0) is 23.0. The molecule has 0 aliphatic carbocycles. The van der Waals surface area contributed by atoms with Crippen molar-refractivity contribution in [3.8, 4) is 5.75 Å². The third kappa shape index (κ3) is 4.15. The highest BCUT2D eigenvalue weighted by molar-refractivity contribution is 6.33. The van der Waals surface area contributed by atoms with Gasteiger partial charge in [0.1, 0.15) is 42.9 Å². The Balaban J connectivity index is 1.78. The lowest BCUT2D eigenvalue weighted by molar-refractivity contribution is -0.231. The number of halogens is 1. The Hall–Kier alpha value is -1.71. The predicted molar refractivity (Wildman–Crippen MR) is 120 cm³/mol. The van der Waals surface area contributed by atoms with Gasteiger partial charge in [0, 0.05) is 5.56 Å². The van der Waals surface area contributed by atoms with Gasteiger partial charge < -0.3 is 35.2 Å². The molecule has 5 N–H and O–H groups in total. The average molecular weight is 464 g/mol. The molecule has 0 saturated carbocycles. The minimum atomic E-state index is -1.46. The van der Waals surface area contributed by atoms with E-state index in [1.54, 1.807) is 7.05 Å². The van der Waals surface area contributed by atoms with Crippen LogP contribution in [0.3, 0.4) is 0 Å². The van der Waals surface area contributed by atoms with Crippen LogP contribution in [0.25, 0.3) is 0 Å². The van der Waals surface area contributed by atoms with E-state index < -0.39 is 37.1 Å². The molecule has 0 amide bonds. The minimum absolute atomic E-state index is 0.178. The lowest BCUT2D eigenvalue weighted by Gasteiger charge is -2.41. The molecule has 0 bridgehead atoms. The number of benzene rings is 2. The molecule has 1 fully saturated rings. The molecule has 2 aromatic carbocycles. The van der Waals surface area contributed by atoms with E-state index in [0.717, 1.165) is 23.1 Å². The van der Waals surface area contributed by atoms with Gasteiger partial charge in [0.15, 0.2) is 0 Å². The maximum atomic E-state index is 10.8. The number of likely N-dealkylation sites (N-methyl/N-ethyl adjacent to an activating group) is 1. The zero-order valence-corrected chi connectivity index (χ0v) is 18.9. The largest absolute Gasteiger partial charge is 0.490 e. The van der Waals surface area contributed by atoms with Crippen molar-refractivity contribution >= 4 is 11.6 Å². The summed E-state index contributed by atoms with van der Waals surface area (Å²) in [6, 6.07) is 9.99. The van der Waals surface area contributed by atoms with Gasteiger partial charge in [-0.05, 0) is 42.1 Å². The number of ether oxygens (including phenoxy) is 2. The summed E-state index contributed by atoms with van der Waals surface area (Å²) >= 11 is 6.75. The van der Waals surface area contributed by atoms with E-state index in [2.05, 4.69) is 36.5 Å². The number of aryl methyl sites for hydroxylation is 1. The average Bonchev–Trinajstić information content (AvgIpc) is 3.25. The first-order valence-electron chi connectivity index (χ1n) is 10.9. The Morgan fingerprint density at radius 1 is 1.06 bits per heavy atom. The third-order valence-electron chi connectivity index (χ3n) is 6.48. The van der Waals surface area contributed by atoms with Crippen LogP contribution < -0.4 is 10.1 Å². The fourth-order valence-corrected chi connectivity index (χ4v) is 4.82. The summed E-state index contributed by atoms with van der Waals surface area (Å²) in [4.78, 5) is 0. The quantitative estimate of drug-likeness (QED) is 0.443. The van der Waals surface area contributed by atoms with E-state index in [1.165, 1.54) is 5.56 Å². The number of fused-ring (bicyclic) bond motifs is 1. The van der Waals surface area contributed by atoms with Gasteiger partial charge in [-0.25, -0.2) is 0 Å². The van der Waals surface area contributed by atoms with Gasteiger partial charge >= 0.3 is 0 Å². The van der Waals surface area contributed by atoms with Gasteiger partial charge in [-0.2, -0.15) is 0 Å². The molecule has 174 valence electrons. The third-order valence-corrected chi connectivity index (χ3v) is 6.90. The number of nitrogens with one attached hydrogen (secondary N) is 1. The fourth-order valence-electron chi connectivity index (χ4n) is 4.54. The van der Waals surface area contributed by atoms with Gasteiger partial charge in [-0.3, -0.25) is 0 Å². The summed E-state index contributed by atoms with van der Waals surface area (Å²) in [5, 5.41) is 44.6. The summed E-state index contributed by atoms with van der Waals surface area (Å²) in [6.07, 6.45) is -4.71. The van der Waals surface area contributed by atoms with Crippen molar-refractivity contribution in [2.45, 2.75) is 56.3 Å². The van der Waals surface area contributed by atoms with E-state index in [1.807, 2.05) is 6.07 Å². The second kappa shape index (κ2) is 9.65. The Morgan fingerprint density at radius 3 is 2.38 bits per heavy atom. The molecule has 4 rings (SSSR count). The standard InChI is InChI=1S/C24H30ClNO6/c1-3-12-4-6-13(7-5-12)8-14-9-15(18-16(26-2)11-31-24(18)19(14)25)23-22(30)21(29)20(28)17(10-27)32-23/h4-7,9,16-17,20-23,26-30H,3,8,10-11H2,1-2H3. The Labute approximate surface area is 192 Å². The molecular weight excluding hydrogens is 434 g/mol. The molecule has 0 aromatic heterocycles. The normalized spacial score (nSPS) is 29.6. The van der Waals surface area contributed by atoms with Gasteiger partial charge in [0.25, 0.3) is 0 Å². The molecule has 2 heterocycles. The molecule has 1 saturated heterocycles. The number of rotatable bonds is 6. The molecule has 2 aliphatic heterocycles. The molecule has 2 aliphatic rings. The smallest absolute Gasteiger partial charge is 0.143 e. The van der Waals surface area contributed by atoms with E-state index in [-0.39, 0.29) is 6.04 Å². The van der Waals surface area contributed by atoms with Crippen molar-refractivity contribution in [3.63, 3.8) is 0 Å².